The molecule has 1 fully saturated rings. The Hall–Kier alpha value is -0.870. The summed E-state index contributed by atoms with van der Waals surface area (Å²) in [6, 6.07) is 4.03. The van der Waals surface area contributed by atoms with Crippen LogP contribution < -0.4 is 5.32 Å². The number of hydrogen-bond acceptors (Lipinski definition) is 3. The fourth-order valence-corrected chi connectivity index (χ4v) is 3.33. The summed E-state index contributed by atoms with van der Waals surface area (Å²) < 4.78 is 2.16. The predicted molar refractivity (Wildman–Crippen MR) is 88.4 cm³/mol. The Kier molecular flexibility index (Phi) is 6.24. The summed E-state index contributed by atoms with van der Waals surface area (Å²) in [5, 5.41) is 8.48. The molecule has 0 aliphatic carbocycles. The molecule has 2 atom stereocenters. The maximum absolute atomic E-state index is 4.82. The van der Waals surface area contributed by atoms with Crippen LogP contribution in [0.4, 0.5) is 0 Å². The zero-order valence-electron chi connectivity index (χ0n) is 14.2. The first-order valence-corrected chi connectivity index (χ1v) is 8.73. The maximum atomic E-state index is 4.82. The van der Waals surface area contributed by atoms with Crippen LogP contribution in [0.1, 0.15) is 65.1 Å². The first kappa shape index (κ1) is 16.5. The largest absolute Gasteiger partial charge is 0.311 e. The summed E-state index contributed by atoms with van der Waals surface area (Å²) in [5.41, 5.74) is 1.22. The Bertz CT molecular complexity index is 411. The summed E-state index contributed by atoms with van der Waals surface area (Å²) in [6.45, 7) is 12.3. The number of piperazine rings is 1. The quantitative estimate of drug-likeness (QED) is 0.838. The molecular formula is C17H32N4. The second-order valence-corrected chi connectivity index (χ2v) is 6.26. The maximum Gasteiger partial charge on any atom is 0.0765 e. The summed E-state index contributed by atoms with van der Waals surface area (Å²) in [6.07, 6.45) is 6.88. The highest BCUT2D eigenvalue weighted by Crippen LogP contribution is 2.18. The summed E-state index contributed by atoms with van der Waals surface area (Å²) in [5.74, 6) is 0. The molecule has 1 N–H and O–H groups in total. The molecule has 0 bridgehead atoms. The van der Waals surface area contributed by atoms with Gasteiger partial charge in [0.2, 0.25) is 0 Å². The van der Waals surface area contributed by atoms with Crippen LogP contribution in [0.3, 0.4) is 0 Å². The van der Waals surface area contributed by atoms with Crippen LogP contribution in [0.2, 0.25) is 0 Å². The van der Waals surface area contributed by atoms with Crippen molar-refractivity contribution in [1.29, 1.82) is 0 Å². The van der Waals surface area contributed by atoms with Crippen molar-refractivity contribution in [3.63, 3.8) is 0 Å². The molecule has 4 nitrogen and oxygen atoms in total. The normalized spacial score (nSPS) is 23.9. The van der Waals surface area contributed by atoms with E-state index in [9.17, 15) is 0 Å². The smallest absolute Gasteiger partial charge is 0.0765 e. The number of nitrogens with one attached hydrogen (secondary N) is 1. The highest BCUT2D eigenvalue weighted by molar-refractivity contribution is 5.01. The Labute approximate surface area is 129 Å². The molecule has 1 aliphatic heterocycles. The van der Waals surface area contributed by atoms with Crippen molar-refractivity contribution in [2.24, 2.45) is 0 Å². The van der Waals surface area contributed by atoms with Gasteiger partial charge in [-0.15, -0.1) is 0 Å². The van der Waals surface area contributed by atoms with E-state index in [2.05, 4.69) is 54.9 Å². The lowest BCUT2D eigenvalue weighted by Crippen LogP contribution is -2.55. The highest BCUT2D eigenvalue weighted by atomic mass is 15.3. The van der Waals surface area contributed by atoms with E-state index >= 15 is 0 Å². The van der Waals surface area contributed by atoms with E-state index in [1.54, 1.807) is 0 Å². The minimum absolute atomic E-state index is 0.548. The molecule has 21 heavy (non-hydrogen) atoms. The molecular weight excluding hydrogens is 260 g/mol. The fourth-order valence-electron chi connectivity index (χ4n) is 3.33. The van der Waals surface area contributed by atoms with E-state index in [0.717, 1.165) is 32.5 Å². The fraction of sp³-hybridized carbons (Fsp3) is 0.824. The van der Waals surface area contributed by atoms with E-state index in [4.69, 9.17) is 5.10 Å². The highest BCUT2D eigenvalue weighted by Gasteiger charge is 2.26. The van der Waals surface area contributed by atoms with Gasteiger partial charge in [-0.05, 0) is 31.7 Å². The SMILES string of the molecule is CCC1CN(Cc2ccn(C(CC)CC)n2)C(CC)CN1. The topological polar surface area (TPSA) is 33.1 Å². The molecule has 0 amide bonds. The van der Waals surface area contributed by atoms with Crippen LogP contribution in [0.25, 0.3) is 0 Å². The molecule has 0 saturated carbocycles. The molecule has 1 aromatic heterocycles. The molecule has 0 radical (unpaired) electrons. The second kappa shape index (κ2) is 7.95. The van der Waals surface area contributed by atoms with Crippen molar-refractivity contribution in [2.45, 2.75) is 78.0 Å². The van der Waals surface area contributed by atoms with Gasteiger partial charge in [-0.1, -0.05) is 27.7 Å². The van der Waals surface area contributed by atoms with Gasteiger partial charge in [0.25, 0.3) is 0 Å². The van der Waals surface area contributed by atoms with Gasteiger partial charge in [0.15, 0.2) is 0 Å². The van der Waals surface area contributed by atoms with Gasteiger partial charge in [0.1, 0.15) is 0 Å². The Balaban J connectivity index is 2.01. The van der Waals surface area contributed by atoms with Crippen LogP contribution in [0.5, 0.6) is 0 Å². The van der Waals surface area contributed by atoms with Crippen LogP contribution >= 0.6 is 0 Å². The number of nitrogens with zero attached hydrogens (tertiary/aromatic N) is 3. The Morgan fingerprint density at radius 3 is 2.62 bits per heavy atom. The Morgan fingerprint density at radius 2 is 2.00 bits per heavy atom. The second-order valence-electron chi connectivity index (χ2n) is 6.26. The van der Waals surface area contributed by atoms with Crippen LogP contribution in [-0.2, 0) is 6.54 Å². The van der Waals surface area contributed by atoms with Crippen molar-refractivity contribution in [3.8, 4) is 0 Å². The standard InChI is InChI=1S/C17H32N4/c1-5-14-12-20(17(8-4)11-18-14)13-15-9-10-21(19-15)16(6-2)7-3/h9-10,14,16-18H,5-8,11-13H2,1-4H3. The predicted octanol–water partition coefficient (Wildman–Crippen LogP) is 3.21. The van der Waals surface area contributed by atoms with E-state index < -0.39 is 0 Å². The average molecular weight is 292 g/mol. The minimum Gasteiger partial charge on any atom is -0.311 e. The zero-order valence-corrected chi connectivity index (χ0v) is 14.2. The van der Waals surface area contributed by atoms with Crippen molar-refractivity contribution in [2.75, 3.05) is 13.1 Å². The van der Waals surface area contributed by atoms with Gasteiger partial charge < -0.3 is 5.32 Å². The third-order valence-electron chi connectivity index (χ3n) is 4.92. The lowest BCUT2D eigenvalue weighted by atomic mass is 10.1. The molecule has 1 aromatic rings. The molecule has 0 spiro atoms. The van der Waals surface area contributed by atoms with Gasteiger partial charge in [0, 0.05) is 37.9 Å². The van der Waals surface area contributed by atoms with E-state index in [0.29, 0.717) is 18.1 Å². The van der Waals surface area contributed by atoms with Gasteiger partial charge in [-0.25, -0.2) is 0 Å². The average Bonchev–Trinajstić information content (AvgIpc) is 2.97. The summed E-state index contributed by atoms with van der Waals surface area (Å²) in [4.78, 5) is 2.62. The van der Waals surface area contributed by atoms with Gasteiger partial charge in [-0.2, -0.15) is 5.10 Å². The molecule has 1 aliphatic rings. The van der Waals surface area contributed by atoms with Crippen molar-refractivity contribution >= 4 is 0 Å². The molecule has 2 unspecified atom stereocenters. The van der Waals surface area contributed by atoms with Gasteiger partial charge in [-0.3, -0.25) is 9.58 Å². The lowest BCUT2D eigenvalue weighted by molar-refractivity contribution is 0.115. The van der Waals surface area contributed by atoms with Crippen LogP contribution in [-0.4, -0.2) is 39.9 Å². The zero-order chi connectivity index (χ0) is 15.2. The third-order valence-corrected chi connectivity index (χ3v) is 4.92. The van der Waals surface area contributed by atoms with Crippen molar-refractivity contribution < 1.29 is 0 Å². The third kappa shape index (κ3) is 4.07. The monoisotopic (exact) mass is 292 g/mol. The molecule has 1 saturated heterocycles. The number of rotatable bonds is 7. The Morgan fingerprint density at radius 1 is 1.24 bits per heavy atom. The summed E-state index contributed by atoms with van der Waals surface area (Å²) >= 11 is 0. The van der Waals surface area contributed by atoms with Crippen molar-refractivity contribution in [1.82, 2.24) is 20.0 Å². The molecule has 120 valence electrons. The minimum atomic E-state index is 0.548. The molecule has 0 aromatic carbocycles. The number of aromatic nitrogens is 2. The molecule has 2 rings (SSSR count). The van der Waals surface area contributed by atoms with Crippen LogP contribution in [0.15, 0.2) is 12.3 Å². The van der Waals surface area contributed by atoms with Crippen LogP contribution in [0, 0.1) is 0 Å². The lowest BCUT2D eigenvalue weighted by Gasteiger charge is -2.39. The van der Waals surface area contributed by atoms with Gasteiger partial charge in [0.05, 0.1) is 11.7 Å². The molecule has 4 heteroatoms. The summed E-state index contributed by atoms with van der Waals surface area (Å²) in [7, 11) is 0. The first-order valence-electron chi connectivity index (χ1n) is 8.73. The molecule has 2 heterocycles. The van der Waals surface area contributed by atoms with Gasteiger partial charge >= 0.3 is 0 Å². The first-order chi connectivity index (χ1) is 10.2. The van der Waals surface area contributed by atoms with E-state index in [-0.39, 0.29) is 0 Å². The number of hydrogen-bond donors (Lipinski definition) is 1. The van der Waals surface area contributed by atoms with E-state index in [1.807, 2.05) is 0 Å². The van der Waals surface area contributed by atoms with Crippen molar-refractivity contribution in [3.05, 3.63) is 18.0 Å². The van der Waals surface area contributed by atoms with E-state index in [1.165, 1.54) is 18.5 Å².